The predicted octanol–water partition coefficient (Wildman–Crippen LogP) is 2.85. The zero-order valence-electron chi connectivity index (χ0n) is 15.8. The van der Waals surface area contributed by atoms with E-state index in [1.165, 1.54) is 4.90 Å². The van der Waals surface area contributed by atoms with Crippen LogP contribution in [0.4, 0.5) is 23.7 Å². The van der Waals surface area contributed by atoms with E-state index < -0.39 is 18.8 Å². The Morgan fingerprint density at radius 1 is 1.41 bits per heavy atom. The lowest BCUT2D eigenvalue weighted by atomic mass is 10.0. The van der Waals surface area contributed by atoms with Gasteiger partial charge in [0, 0.05) is 44.0 Å². The van der Waals surface area contributed by atoms with Crippen LogP contribution in [-0.4, -0.2) is 59.8 Å². The SMILES string of the molecule is CN(c1c(C#N)cnc2[nH]ccc12)C1CC2CN(C(=O)NCC(F)(F)F)CC2C1. The van der Waals surface area contributed by atoms with Gasteiger partial charge in [0.25, 0.3) is 0 Å². The molecule has 2 N–H and O–H groups in total. The normalized spacial score (nSPS) is 23.8. The maximum absolute atomic E-state index is 12.3. The number of nitrogens with zero attached hydrogens (tertiary/aromatic N) is 4. The van der Waals surface area contributed by atoms with Crippen molar-refractivity contribution in [3.8, 4) is 6.07 Å². The summed E-state index contributed by atoms with van der Waals surface area (Å²) in [6, 6.07) is 3.65. The van der Waals surface area contributed by atoms with E-state index in [0.717, 1.165) is 29.6 Å². The van der Waals surface area contributed by atoms with Crippen LogP contribution in [-0.2, 0) is 0 Å². The first-order valence-corrected chi connectivity index (χ1v) is 9.45. The number of aromatic nitrogens is 2. The van der Waals surface area contributed by atoms with Gasteiger partial charge in [0.15, 0.2) is 0 Å². The summed E-state index contributed by atoms with van der Waals surface area (Å²) in [6.07, 6.45) is 0.586. The molecule has 2 amide bonds. The fourth-order valence-electron chi connectivity index (χ4n) is 4.68. The van der Waals surface area contributed by atoms with Crippen molar-refractivity contribution >= 4 is 22.8 Å². The zero-order valence-corrected chi connectivity index (χ0v) is 15.8. The molecule has 2 fully saturated rings. The summed E-state index contributed by atoms with van der Waals surface area (Å²) in [5.74, 6) is 0.487. The van der Waals surface area contributed by atoms with Gasteiger partial charge >= 0.3 is 12.2 Å². The summed E-state index contributed by atoms with van der Waals surface area (Å²) in [4.78, 5) is 22.9. The number of anilines is 1. The molecule has 1 aliphatic carbocycles. The number of H-pyrrole nitrogens is 1. The van der Waals surface area contributed by atoms with Gasteiger partial charge in [-0.05, 0) is 30.7 Å². The molecule has 1 saturated heterocycles. The van der Waals surface area contributed by atoms with Crippen LogP contribution in [0, 0.1) is 23.2 Å². The van der Waals surface area contributed by atoms with Gasteiger partial charge in [-0.2, -0.15) is 18.4 Å². The number of amides is 2. The van der Waals surface area contributed by atoms with Crippen molar-refractivity contribution in [2.45, 2.75) is 25.1 Å². The third-order valence-electron chi connectivity index (χ3n) is 6.03. The molecule has 3 heterocycles. The van der Waals surface area contributed by atoms with E-state index in [-0.39, 0.29) is 17.9 Å². The van der Waals surface area contributed by atoms with E-state index in [2.05, 4.69) is 20.9 Å². The molecule has 0 bridgehead atoms. The lowest BCUT2D eigenvalue weighted by Gasteiger charge is -2.29. The fourth-order valence-corrected chi connectivity index (χ4v) is 4.68. The topological polar surface area (TPSA) is 88.1 Å². The highest BCUT2D eigenvalue weighted by atomic mass is 19.4. The van der Waals surface area contributed by atoms with E-state index in [1.54, 1.807) is 12.4 Å². The van der Waals surface area contributed by atoms with Crippen LogP contribution in [0.15, 0.2) is 18.5 Å². The van der Waals surface area contributed by atoms with Crippen molar-refractivity contribution in [2.75, 3.05) is 31.6 Å². The Balaban J connectivity index is 1.43. The number of likely N-dealkylation sites (tertiary alicyclic amines) is 1. The first-order chi connectivity index (χ1) is 13.8. The highest BCUT2D eigenvalue weighted by molar-refractivity contribution is 5.93. The minimum Gasteiger partial charge on any atom is -0.370 e. The molecule has 2 aliphatic rings. The summed E-state index contributed by atoms with van der Waals surface area (Å²) >= 11 is 0. The van der Waals surface area contributed by atoms with E-state index in [4.69, 9.17) is 0 Å². The molecule has 2 unspecified atom stereocenters. The number of aromatic amines is 1. The Hall–Kier alpha value is -2.96. The van der Waals surface area contributed by atoms with Gasteiger partial charge in [0.1, 0.15) is 18.3 Å². The molecule has 2 aromatic heterocycles. The maximum Gasteiger partial charge on any atom is 0.405 e. The number of nitrogens with one attached hydrogen (secondary N) is 2. The molecule has 0 radical (unpaired) electrons. The van der Waals surface area contributed by atoms with Crippen LogP contribution in [0.25, 0.3) is 11.0 Å². The number of carbonyl (C=O) groups is 1. The third kappa shape index (κ3) is 3.69. The van der Waals surface area contributed by atoms with Crippen molar-refractivity contribution in [2.24, 2.45) is 11.8 Å². The number of carbonyl (C=O) groups excluding carboxylic acids is 1. The Kier molecular flexibility index (Phi) is 4.76. The summed E-state index contributed by atoms with van der Waals surface area (Å²) in [5, 5.41) is 12.4. The van der Waals surface area contributed by atoms with Crippen LogP contribution < -0.4 is 10.2 Å². The average molecular weight is 406 g/mol. The molecular weight excluding hydrogens is 385 g/mol. The van der Waals surface area contributed by atoms with Crippen molar-refractivity contribution in [1.29, 1.82) is 5.26 Å². The first kappa shape index (κ1) is 19.4. The first-order valence-electron chi connectivity index (χ1n) is 9.45. The molecule has 0 spiro atoms. The van der Waals surface area contributed by atoms with Gasteiger partial charge in [0.2, 0.25) is 0 Å². The summed E-state index contributed by atoms with van der Waals surface area (Å²) in [5.41, 5.74) is 2.06. The monoisotopic (exact) mass is 406 g/mol. The molecule has 0 aromatic carbocycles. The largest absolute Gasteiger partial charge is 0.405 e. The Labute approximate surface area is 165 Å². The van der Waals surface area contributed by atoms with Crippen molar-refractivity contribution in [3.63, 3.8) is 0 Å². The van der Waals surface area contributed by atoms with Gasteiger partial charge in [-0.15, -0.1) is 0 Å². The summed E-state index contributed by atoms with van der Waals surface area (Å²) in [7, 11) is 1.96. The standard InChI is InChI=1S/C19H21F3N6O/c1-27(16-13(6-23)7-25-17-15(16)2-3-24-17)14-4-11-8-28(9-12(11)5-14)18(29)26-10-19(20,21)22/h2-3,7,11-12,14H,4-5,8-10H2,1H3,(H,24,25)(H,26,29). The second kappa shape index (κ2) is 7.13. The number of fused-ring (bicyclic) bond motifs is 2. The number of pyridine rings is 1. The molecule has 2 aromatic rings. The summed E-state index contributed by atoms with van der Waals surface area (Å²) in [6.45, 7) is -0.395. The van der Waals surface area contributed by atoms with Crippen molar-refractivity contribution < 1.29 is 18.0 Å². The van der Waals surface area contributed by atoms with Crippen LogP contribution in [0.1, 0.15) is 18.4 Å². The molecule has 2 atom stereocenters. The highest BCUT2D eigenvalue weighted by Gasteiger charge is 2.44. The molecule has 29 heavy (non-hydrogen) atoms. The molecule has 1 saturated carbocycles. The Morgan fingerprint density at radius 3 is 2.72 bits per heavy atom. The van der Waals surface area contributed by atoms with Gasteiger partial charge in [-0.3, -0.25) is 0 Å². The molecule has 7 nitrogen and oxygen atoms in total. The second-order valence-electron chi connectivity index (χ2n) is 7.81. The number of halogens is 3. The number of alkyl halides is 3. The van der Waals surface area contributed by atoms with Crippen LogP contribution in [0.2, 0.25) is 0 Å². The number of urea groups is 1. The Morgan fingerprint density at radius 2 is 2.10 bits per heavy atom. The summed E-state index contributed by atoms with van der Waals surface area (Å²) < 4.78 is 36.9. The number of hydrogen-bond acceptors (Lipinski definition) is 4. The minimum atomic E-state index is -4.41. The molecule has 4 rings (SSSR count). The van der Waals surface area contributed by atoms with Crippen LogP contribution in [0.3, 0.4) is 0 Å². The van der Waals surface area contributed by atoms with E-state index in [1.807, 2.05) is 18.4 Å². The molecule has 10 heteroatoms. The number of hydrogen-bond donors (Lipinski definition) is 2. The lowest BCUT2D eigenvalue weighted by Crippen LogP contribution is -2.43. The number of nitriles is 1. The van der Waals surface area contributed by atoms with Gasteiger partial charge in [-0.1, -0.05) is 0 Å². The van der Waals surface area contributed by atoms with E-state index in [0.29, 0.717) is 18.7 Å². The van der Waals surface area contributed by atoms with E-state index >= 15 is 0 Å². The van der Waals surface area contributed by atoms with Gasteiger partial charge in [0.05, 0.1) is 11.3 Å². The van der Waals surface area contributed by atoms with Crippen LogP contribution >= 0.6 is 0 Å². The quantitative estimate of drug-likeness (QED) is 0.821. The highest BCUT2D eigenvalue weighted by Crippen LogP contribution is 2.42. The van der Waals surface area contributed by atoms with Crippen molar-refractivity contribution in [3.05, 3.63) is 24.0 Å². The van der Waals surface area contributed by atoms with Gasteiger partial charge < -0.3 is 20.1 Å². The van der Waals surface area contributed by atoms with Crippen LogP contribution in [0.5, 0.6) is 0 Å². The molecule has 154 valence electrons. The molecule has 1 aliphatic heterocycles. The number of rotatable bonds is 3. The lowest BCUT2D eigenvalue weighted by molar-refractivity contribution is -0.123. The fraction of sp³-hybridized carbons (Fsp3) is 0.526. The predicted molar refractivity (Wildman–Crippen MR) is 100 cm³/mol. The van der Waals surface area contributed by atoms with Crippen molar-refractivity contribution in [1.82, 2.24) is 20.2 Å². The minimum absolute atomic E-state index is 0.193. The third-order valence-corrected chi connectivity index (χ3v) is 6.03. The van der Waals surface area contributed by atoms with E-state index in [9.17, 15) is 23.2 Å². The van der Waals surface area contributed by atoms with Gasteiger partial charge in [-0.25, -0.2) is 9.78 Å². The smallest absolute Gasteiger partial charge is 0.370 e. The average Bonchev–Trinajstić information content (AvgIpc) is 3.37. The maximum atomic E-state index is 12.3. The molecular formula is C19H21F3N6O. The zero-order chi connectivity index (χ0) is 20.8. The Bertz CT molecular complexity index is 951. The second-order valence-corrected chi connectivity index (χ2v) is 7.81.